The SMILES string of the molecule is NC[C@H]1CCC[C@H]1C=O. The summed E-state index contributed by atoms with van der Waals surface area (Å²) in [4.78, 5) is 10.3. The lowest BCUT2D eigenvalue weighted by Gasteiger charge is -2.08. The van der Waals surface area contributed by atoms with E-state index in [9.17, 15) is 4.79 Å². The molecule has 1 fully saturated rings. The number of hydrogen-bond acceptors (Lipinski definition) is 2. The fraction of sp³-hybridized carbons (Fsp3) is 0.857. The van der Waals surface area contributed by atoms with Gasteiger partial charge in [0.15, 0.2) is 0 Å². The molecule has 2 N–H and O–H groups in total. The van der Waals surface area contributed by atoms with Crippen molar-refractivity contribution in [2.24, 2.45) is 17.6 Å². The number of carbonyl (C=O) groups excluding carboxylic acids is 1. The Bertz CT molecular complexity index is 103. The molecule has 52 valence electrons. The Balaban J connectivity index is 2.41. The predicted octanol–water partition coefficient (Wildman–Crippen LogP) is 0.560. The monoisotopic (exact) mass is 127 g/mol. The van der Waals surface area contributed by atoms with Crippen molar-refractivity contribution in [1.82, 2.24) is 0 Å². The van der Waals surface area contributed by atoms with Crippen LogP contribution in [0.4, 0.5) is 0 Å². The van der Waals surface area contributed by atoms with E-state index < -0.39 is 0 Å². The zero-order valence-corrected chi connectivity index (χ0v) is 5.55. The fourth-order valence-corrected chi connectivity index (χ4v) is 1.54. The molecule has 0 amide bonds. The summed E-state index contributed by atoms with van der Waals surface area (Å²) < 4.78 is 0. The zero-order valence-electron chi connectivity index (χ0n) is 5.55. The summed E-state index contributed by atoms with van der Waals surface area (Å²) in [6.07, 6.45) is 4.46. The second-order valence-electron chi connectivity index (χ2n) is 2.73. The van der Waals surface area contributed by atoms with Crippen LogP contribution in [-0.2, 0) is 4.79 Å². The van der Waals surface area contributed by atoms with Crippen LogP contribution in [0.15, 0.2) is 0 Å². The van der Waals surface area contributed by atoms with Crippen LogP contribution < -0.4 is 5.73 Å². The highest BCUT2D eigenvalue weighted by atomic mass is 16.1. The van der Waals surface area contributed by atoms with Gasteiger partial charge in [-0.3, -0.25) is 0 Å². The summed E-state index contributed by atoms with van der Waals surface area (Å²) in [5, 5.41) is 0. The van der Waals surface area contributed by atoms with E-state index >= 15 is 0 Å². The highest BCUT2D eigenvalue weighted by Gasteiger charge is 2.24. The third-order valence-electron chi connectivity index (χ3n) is 2.20. The first-order chi connectivity index (χ1) is 4.38. The summed E-state index contributed by atoms with van der Waals surface area (Å²) in [7, 11) is 0. The third-order valence-corrected chi connectivity index (χ3v) is 2.20. The second kappa shape index (κ2) is 2.97. The maximum Gasteiger partial charge on any atom is 0.123 e. The van der Waals surface area contributed by atoms with Crippen molar-refractivity contribution in [3.63, 3.8) is 0 Å². The first kappa shape index (κ1) is 6.75. The van der Waals surface area contributed by atoms with E-state index in [1.54, 1.807) is 0 Å². The lowest BCUT2D eigenvalue weighted by Crippen LogP contribution is -2.18. The van der Waals surface area contributed by atoms with Crippen molar-refractivity contribution in [3.8, 4) is 0 Å². The molecule has 0 aromatic rings. The molecule has 0 radical (unpaired) electrons. The molecule has 0 bridgehead atoms. The third kappa shape index (κ3) is 1.30. The van der Waals surface area contributed by atoms with Crippen LogP contribution in [0.3, 0.4) is 0 Å². The maximum absolute atomic E-state index is 10.3. The first-order valence-electron chi connectivity index (χ1n) is 3.54. The number of carbonyl (C=O) groups is 1. The molecule has 0 spiro atoms. The largest absolute Gasteiger partial charge is 0.330 e. The van der Waals surface area contributed by atoms with Gasteiger partial charge in [0.25, 0.3) is 0 Å². The minimum Gasteiger partial charge on any atom is -0.330 e. The Morgan fingerprint density at radius 2 is 2.33 bits per heavy atom. The molecule has 1 saturated carbocycles. The van der Waals surface area contributed by atoms with E-state index in [1.807, 2.05) is 0 Å². The van der Waals surface area contributed by atoms with Gasteiger partial charge in [0, 0.05) is 5.92 Å². The molecular weight excluding hydrogens is 114 g/mol. The summed E-state index contributed by atoms with van der Waals surface area (Å²) in [6, 6.07) is 0. The van der Waals surface area contributed by atoms with E-state index in [1.165, 1.54) is 6.42 Å². The lowest BCUT2D eigenvalue weighted by molar-refractivity contribution is -0.111. The van der Waals surface area contributed by atoms with Crippen molar-refractivity contribution >= 4 is 6.29 Å². The molecule has 0 unspecified atom stereocenters. The van der Waals surface area contributed by atoms with Gasteiger partial charge in [-0.2, -0.15) is 0 Å². The van der Waals surface area contributed by atoms with Gasteiger partial charge in [0.05, 0.1) is 0 Å². The molecule has 2 atom stereocenters. The van der Waals surface area contributed by atoms with Crippen LogP contribution in [0.25, 0.3) is 0 Å². The molecule has 2 nitrogen and oxygen atoms in total. The predicted molar refractivity (Wildman–Crippen MR) is 35.9 cm³/mol. The fourth-order valence-electron chi connectivity index (χ4n) is 1.54. The van der Waals surface area contributed by atoms with E-state index in [0.717, 1.165) is 19.1 Å². The molecule has 0 aromatic carbocycles. The van der Waals surface area contributed by atoms with Crippen LogP contribution in [0.5, 0.6) is 0 Å². The summed E-state index contributed by atoms with van der Waals surface area (Å²) >= 11 is 0. The Labute approximate surface area is 55.4 Å². The van der Waals surface area contributed by atoms with Gasteiger partial charge in [0.1, 0.15) is 6.29 Å². The topological polar surface area (TPSA) is 43.1 Å². The normalized spacial score (nSPS) is 34.8. The van der Waals surface area contributed by atoms with Gasteiger partial charge in [-0.05, 0) is 25.3 Å². The average Bonchev–Trinajstić information content (AvgIpc) is 2.33. The molecule has 1 aliphatic carbocycles. The van der Waals surface area contributed by atoms with Crippen molar-refractivity contribution in [2.75, 3.05) is 6.54 Å². The molecule has 1 rings (SSSR count). The van der Waals surface area contributed by atoms with Gasteiger partial charge >= 0.3 is 0 Å². The second-order valence-corrected chi connectivity index (χ2v) is 2.73. The van der Waals surface area contributed by atoms with Crippen molar-refractivity contribution in [1.29, 1.82) is 0 Å². The standard InChI is InChI=1S/C7H13NO/c8-4-6-2-1-3-7(6)5-9/h5-7H,1-4,8H2/t6-,7+/m1/s1. The van der Waals surface area contributed by atoms with Gasteiger partial charge in [-0.15, -0.1) is 0 Å². The highest BCUT2D eigenvalue weighted by Crippen LogP contribution is 2.28. The van der Waals surface area contributed by atoms with Crippen LogP contribution >= 0.6 is 0 Å². The first-order valence-corrected chi connectivity index (χ1v) is 3.54. The summed E-state index contributed by atoms with van der Waals surface area (Å²) in [5.41, 5.74) is 5.44. The van der Waals surface area contributed by atoms with Gasteiger partial charge in [-0.1, -0.05) is 6.42 Å². The average molecular weight is 127 g/mol. The molecule has 0 saturated heterocycles. The van der Waals surface area contributed by atoms with Crippen LogP contribution in [0.1, 0.15) is 19.3 Å². The van der Waals surface area contributed by atoms with E-state index in [4.69, 9.17) is 5.73 Å². The molecule has 0 heterocycles. The van der Waals surface area contributed by atoms with E-state index in [-0.39, 0.29) is 5.92 Å². The molecule has 1 aliphatic rings. The molecule has 0 aliphatic heterocycles. The van der Waals surface area contributed by atoms with Gasteiger partial charge in [-0.25, -0.2) is 0 Å². The maximum atomic E-state index is 10.3. The van der Waals surface area contributed by atoms with Gasteiger partial charge in [0.2, 0.25) is 0 Å². The minimum absolute atomic E-state index is 0.273. The zero-order chi connectivity index (χ0) is 6.69. The summed E-state index contributed by atoms with van der Waals surface area (Å²) in [6.45, 7) is 0.684. The Hall–Kier alpha value is -0.370. The van der Waals surface area contributed by atoms with Crippen LogP contribution in [-0.4, -0.2) is 12.8 Å². The van der Waals surface area contributed by atoms with Crippen LogP contribution in [0, 0.1) is 11.8 Å². The number of nitrogens with two attached hydrogens (primary N) is 1. The Morgan fingerprint density at radius 3 is 2.78 bits per heavy atom. The highest BCUT2D eigenvalue weighted by molar-refractivity contribution is 5.54. The van der Waals surface area contributed by atoms with E-state index in [0.29, 0.717) is 12.5 Å². The van der Waals surface area contributed by atoms with Gasteiger partial charge < -0.3 is 10.5 Å². The minimum atomic E-state index is 0.273. The number of aldehydes is 1. The molecular formula is C7H13NO. The summed E-state index contributed by atoms with van der Waals surface area (Å²) in [5.74, 6) is 0.762. The molecule has 0 aromatic heterocycles. The van der Waals surface area contributed by atoms with Crippen molar-refractivity contribution in [3.05, 3.63) is 0 Å². The quantitative estimate of drug-likeness (QED) is 0.551. The smallest absolute Gasteiger partial charge is 0.123 e. The van der Waals surface area contributed by atoms with Crippen molar-refractivity contribution in [2.45, 2.75) is 19.3 Å². The Morgan fingerprint density at radius 1 is 1.56 bits per heavy atom. The lowest BCUT2D eigenvalue weighted by atomic mass is 9.98. The van der Waals surface area contributed by atoms with E-state index in [2.05, 4.69) is 0 Å². The van der Waals surface area contributed by atoms with Crippen LogP contribution in [0.2, 0.25) is 0 Å². The Kier molecular flexibility index (Phi) is 2.22. The molecule has 2 heteroatoms. The molecule has 9 heavy (non-hydrogen) atoms. The number of hydrogen-bond donors (Lipinski definition) is 1. The van der Waals surface area contributed by atoms with Crippen molar-refractivity contribution < 1.29 is 4.79 Å². The number of rotatable bonds is 2.